The number of thiophene rings is 1. The second-order valence-electron chi connectivity index (χ2n) is 18.8. The standard InChI is InChI=1S/C38H33N2S.C19H26NSi.Ir/c1-23(2)30-21-27(26-13-7-6-8-14-26)22-31(24(3)4)36(30)40-33-17-11-10-16-32(33)39-38(40)29-20-19-25(5)35-28-15-9-12-18-34(28)41-37(29)35;1-19(2,3)13-16-12-17(15-10-8-7-9-11-15)20-14-18(16)21(4,5)6;/h6-19,21-24H,1-5H3;7-10,12,14H,13H2,1-6H3;/q2*-1;/i5D3;13D2;. The fourth-order valence-electron chi connectivity index (χ4n) is 8.23. The Morgan fingerprint density at radius 1 is 0.794 bits per heavy atom. The van der Waals surface area contributed by atoms with Gasteiger partial charge >= 0.3 is 0 Å². The molecule has 9 rings (SSSR count). The van der Waals surface area contributed by atoms with Gasteiger partial charge in [0.2, 0.25) is 0 Å². The molecule has 0 saturated carbocycles. The van der Waals surface area contributed by atoms with Gasteiger partial charge in [-0.15, -0.1) is 53.6 Å². The van der Waals surface area contributed by atoms with Crippen LogP contribution in [-0.4, -0.2) is 22.6 Å². The van der Waals surface area contributed by atoms with Crippen LogP contribution in [0.2, 0.25) is 19.6 Å². The van der Waals surface area contributed by atoms with Crippen molar-refractivity contribution in [3.05, 3.63) is 168 Å². The van der Waals surface area contributed by atoms with E-state index in [1.54, 1.807) is 17.4 Å². The predicted octanol–water partition coefficient (Wildman–Crippen LogP) is 15.8. The summed E-state index contributed by atoms with van der Waals surface area (Å²) in [6, 6.07) is 49.5. The van der Waals surface area contributed by atoms with Gasteiger partial charge in [-0.05, 0) is 97.2 Å². The molecule has 0 amide bonds. The molecule has 0 aliphatic rings. The Labute approximate surface area is 401 Å². The van der Waals surface area contributed by atoms with Gasteiger partial charge in [0.25, 0.3) is 0 Å². The second kappa shape index (κ2) is 18.6. The molecule has 0 unspecified atom stereocenters. The first-order valence-corrected chi connectivity index (χ1v) is 26.0. The van der Waals surface area contributed by atoms with Crippen LogP contribution in [0.1, 0.15) is 89.4 Å². The molecule has 0 aliphatic carbocycles. The number of hydrogen-bond acceptors (Lipinski definition) is 3. The van der Waals surface area contributed by atoms with Crippen molar-refractivity contribution in [1.82, 2.24) is 14.5 Å². The van der Waals surface area contributed by atoms with Gasteiger partial charge in [0.15, 0.2) is 0 Å². The van der Waals surface area contributed by atoms with Crippen LogP contribution in [0.3, 0.4) is 0 Å². The number of pyridine rings is 1. The summed E-state index contributed by atoms with van der Waals surface area (Å²) in [4.78, 5) is 9.86. The Kier molecular flexibility index (Phi) is 11.7. The number of hydrogen-bond donors (Lipinski definition) is 0. The Morgan fingerprint density at radius 3 is 2.11 bits per heavy atom. The van der Waals surface area contributed by atoms with Crippen molar-refractivity contribution in [2.24, 2.45) is 5.41 Å². The Bertz CT molecular complexity index is 3210. The monoisotopic (exact) mass is 1040 g/mol. The minimum Gasteiger partial charge on any atom is -0.333 e. The summed E-state index contributed by atoms with van der Waals surface area (Å²) in [6.45, 7) is 19.3. The first-order valence-electron chi connectivity index (χ1n) is 24.1. The third-order valence-corrected chi connectivity index (χ3v) is 14.4. The van der Waals surface area contributed by atoms with Crippen molar-refractivity contribution in [2.75, 3.05) is 0 Å². The van der Waals surface area contributed by atoms with E-state index in [1.807, 2.05) is 81.6 Å². The van der Waals surface area contributed by atoms with Gasteiger partial charge in [0, 0.05) is 43.5 Å². The summed E-state index contributed by atoms with van der Waals surface area (Å²) in [7, 11) is -1.70. The number of para-hydroxylation sites is 2. The molecule has 3 nitrogen and oxygen atoms in total. The van der Waals surface area contributed by atoms with Crippen molar-refractivity contribution in [2.45, 2.75) is 93.2 Å². The minimum absolute atomic E-state index is 0. The molecule has 0 fully saturated rings. The molecular weight excluding hydrogens is 979 g/mol. The van der Waals surface area contributed by atoms with Crippen LogP contribution in [0.15, 0.2) is 134 Å². The van der Waals surface area contributed by atoms with E-state index >= 15 is 0 Å². The molecule has 63 heavy (non-hydrogen) atoms. The largest absolute Gasteiger partial charge is 0.333 e. The molecule has 0 spiro atoms. The number of rotatable bonds is 8. The SMILES string of the molecule is [2H]C([2H])([2H])c1c[c-]c(-c2nc3ccccc3n2-c2c(C(C)C)cc(-c3ccccc3)cc2C(C)C)c2sc3ccccc3c12.[2H]C([2H])(c1cc(-c2[c-]cccc2)ncc1[Si](C)(C)C)C(C)(C)C.[Ir]. The number of benzene rings is 6. The topological polar surface area (TPSA) is 30.7 Å². The van der Waals surface area contributed by atoms with E-state index < -0.39 is 26.7 Å². The van der Waals surface area contributed by atoms with Crippen molar-refractivity contribution < 1.29 is 27.0 Å². The third kappa shape index (κ3) is 9.61. The molecule has 6 heteroatoms. The number of aromatic nitrogens is 3. The van der Waals surface area contributed by atoms with Crippen LogP contribution >= 0.6 is 11.3 Å². The average Bonchev–Trinajstić information content (AvgIpc) is 3.87. The van der Waals surface area contributed by atoms with Crippen LogP contribution in [0.25, 0.3) is 70.7 Å². The maximum Gasteiger partial charge on any atom is 0.0798 e. The van der Waals surface area contributed by atoms with Crippen LogP contribution in [0, 0.1) is 24.4 Å². The van der Waals surface area contributed by atoms with E-state index in [2.05, 4.69) is 136 Å². The van der Waals surface area contributed by atoms with E-state index in [4.69, 9.17) is 11.8 Å². The van der Waals surface area contributed by atoms with Crippen molar-refractivity contribution in [1.29, 1.82) is 0 Å². The third-order valence-electron chi connectivity index (χ3n) is 11.2. The average molecular weight is 1040 g/mol. The second-order valence-corrected chi connectivity index (χ2v) is 24.9. The van der Waals surface area contributed by atoms with Crippen LogP contribution in [-0.2, 0) is 26.5 Å². The quantitative estimate of drug-likeness (QED) is 0.112. The summed E-state index contributed by atoms with van der Waals surface area (Å²) < 4.78 is 46.8. The van der Waals surface area contributed by atoms with Gasteiger partial charge in [0.05, 0.1) is 24.9 Å². The normalized spacial score (nSPS) is 13.6. The van der Waals surface area contributed by atoms with E-state index in [9.17, 15) is 0 Å². The smallest absolute Gasteiger partial charge is 0.0798 e. The molecule has 9 aromatic rings. The molecule has 3 aromatic heterocycles. The number of nitrogens with zero attached hydrogens (tertiary/aromatic N) is 3. The predicted molar refractivity (Wildman–Crippen MR) is 271 cm³/mol. The Hall–Kier alpha value is -4.97. The molecular formula is C57H59IrN3SSi-2. The molecule has 1 radical (unpaired) electrons. The Morgan fingerprint density at radius 2 is 1.46 bits per heavy atom. The molecule has 0 atom stereocenters. The summed E-state index contributed by atoms with van der Waals surface area (Å²) >= 11 is 1.61. The van der Waals surface area contributed by atoms with Crippen molar-refractivity contribution in [3.63, 3.8) is 0 Å². The van der Waals surface area contributed by atoms with Crippen LogP contribution < -0.4 is 5.19 Å². The Balaban J connectivity index is 0.000000242. The maximum atomic E-state index is 8.75. The fraction of sp³-hybridized carbons (Fsp3) is 0.263. The van der Waals surface area contributed by atoms with Crippen LogP contribution in [0.4, 0.5) is 0 Å². The van der Waals surface area contributed by atoms with Gasteiger partial charge in [-0.25, -0.2) is 0 Å². The summed E-state index contributed by atoms with van der Waals surface area (Å²) in [5.74, 6) is 1.26. The van der Waals surface area contributed by atoms with Gasteiger partial charge in [-0.1, -0.05) is 158 Å². The summed E-state index contributed by atoms with van der Waals surface area (Å²) in [5.41, 5.74) is 11.1. The maximum absolute atomic E-state index is 8.75. The summed E-state index contributed by atoms with van der Waals surface area (Å²) in [6.07, 6.45) is 0.469. The van der Waals surface area contributed by atoms with E-state index in [-0.39, 0.29) is 31.9 Å². The number of fused-ring (bicyclic) bond motifs is 4. The van der Waals surface area contributed by atoms with E-state index in [1.165, 1.54) is 22.3 Å². The molecule has 3 heterocycles. The molecule has 0 N–H and O–H groups in total. The van der Waals surface area contributed by atoms with Crippen LogP contribution in [0.5, 0.6) is 0 Å². The molecule has 0 aliphatic heterocycles. The number of imidazole rings is 1. The molecule has 0 saturated heterocycles. The molecule has 6 aromatic carbocycles. The summed E-state index contributed by atoms with van der Waals surface area (Å²) in [5, 5.41) is 2.82. The van der Waals surface area contributed by atoms with E-state index in [0.29, 0.717) is 5.56 Å². The van der Waals surface area contributed by atoms with Crippen molar-refractivity contribution >= 4 is 55.8 Å². The van der Waals surface area contributed by atoms with E-state index in [0.717, 1.165) is 70.3 Å². The van der Waals surface area contributed by atoms with Crippen molar-refractivity contribution in [3.8, 4) is 39.5 Å². The van der Waals surface area contributed by atoms with Gasteiger partial charge in [0.1, 0.15) is 0 Å². The fourth-order valence-corrected chi connectivity index (χ4v) is 10.8. The first kappa shape index (κ1) is 39.6. The zero-order valence-corrected chi connectivity index (χ0v) is 42.2. The zero-order valence-electron chi connectivity index (χ0n) is 42.9. The van der Waals surface area contributed by atoms with Gasteiger partial charge < -0.3 is 9.55 Å². The van der Waals surface area contributed by atoms with Gasteiger partial charge in [-0.3, -0.25) is 4.98 Å². The number of aryl methyl sites for hydroxylation is 1. The molecule has 0 bridgehead atoms. The van der Waals surface area contributed by atoms with Gasteiger partial charge in [-0.2, -0.15) is 11.3 Å². The first-order chi connectivity index (χ1) is 31.6. The zero-order chi connectivity index (χ0) is 48.2. The minimum atomic E-state index is -2.26. The molecule has 323 valence electrons.